The van der Waals surface area contributed by atoms with Crippen molar-refractivity contribution in [3.63, 3.8) is 0 Å². The van der Waals surface area contributed by atoms with Crippen LogP contribution in [0, 0.1) is 0 Å². The Kier molecular flexibility index (Phi) is 4.22. The molecule has 0 aliphatic carbocycles. The van der Waals surface area contributed by atoms with Crippen LogP contribution in [-0.4, -0.2) is 15.3 Å². The first-order chi connectivity index (χ1) is 13.9. The van der Waals surface area contributed by atoms with Crippen LogP contribution in [0.25, 0.3) is 0 Å². The number of nitrogens with zero attached hydrogens (tertiary/aromatic N) is 4. The Morgan fingerprint density at radius 1 is 0.679 bits per heavy atom. The van der Waals surface area contributed by atoms with E-state index in [1.54, 1.807) is 0 Å². The molecule has 5 rings (SSSR count). The number of para-hydroxylation sites is 1. The first-order valence-corrected chi connectivity index (χ1v) is 9.42. The van der Waals surface area contributed by atoms with Gasteiger partial charge in [-0.15, -0.1) is 0 Å². The van der Waals surface area contributed by atoms with Crippen LogP contribution < -0.4 is 5.01 Å². The molecule has 0 bridgehead atoms. The first-order valence-electron chi connectivity index (χ1n) is 9.42. The molecule has 0 amide bonds. The zero-order chi connectivity index (χ0) is 18.8. The van der Waals surface area contributed by atoms with E-state index in [4.69, 9.17) is 5.10 Å². The van der Waals surface area contributed by atoms with Crippen LogP contribution in [0.1, 0.15) is 23.2 Å². The summed E-state index contributed by atoms with van der Waals surface area (Å²) in [7, 11) is 0. The van der Waals surface area contributed by atoms with Crippen LogP contribution in [0.15, 0.2) is 115 Å². The summed E-state index contributed by atoms with van der Waals surface area (Å²) in [5, 5.41) is 7.27. The molecule has 0 saturated carbocycles. The molecule has 4 nitrogen and oxygen atoms in total. The first kappa shape index (κ1) is 16.5. The Morgan fingerprint density at radius 3 is 1.96 bits per heavy atom. The van der Waals surface area contributed by atoms with Gasteiger partial charge in [0.1, 0.15) is 12.1 Å². The minimum Gasteiger partial charge on any atom is -0.326 e. The van der Waals surface area contributed by atoms with Crippen molar-refractivity contribution >= 4 is 11.4 Å². The summed E-state index contributed by atoms with van der Waals surface area (Å²) >= 11 is 0. The Balaban J connectivity index is 1.71. The monoisotopic (exact) mass is 364 g/mol. The predicted molar refractivity (Wildman–Crippen MR) is 112 cm³/mol. The second-order valence-electron chi connectivity index (χ2n) is 6.84. The van der Waals surface area contributed by atoms with Gasteiger partial charge in [0.2, 0.25) is 0 Å². The molecule has 28 heavy (non-hydrogen) atoms. The average Bonchev–Trinajstić information content (AvgIpc) is 3.43. The zero-order valence-corrected chi connectivity index (χ0v) is 15.3. The third-order valence-corrected chi connectivity index (χ3v) is 5.14. The van der Waals surface area contributed by atoms with E-state index in [2.05, 4.69) is 93.4 Å². The molecule has 0 radical (unpaired) electrons. The zero-order valence-electron chi connectivity index (χ0n) is 15.3. The molecule has 2 unspecified atom stereocenters. The van der Waals surface area contributed by atoms with Gasteiger partial charge in [0.15, 0.2) is 0 Å². The predicted octanol–water partition coefficient (Wildman–Crippen LogP) is 5.09. The van der Waals surface area contributed by atoms with Crippen molar-refractivity contribution in [2.75, 3.05) is 5.01 Å². The summed E-state index contributed by atoms with van der Waals surface area (Å²) in [4.78, 5) is 4.31. The molecule has 2 atom stereocenters. The number of hydrogen-bond donors (Lipinski definition) is 0. The van der Waals surface area contributed by atoms with Gasteiger partial charge in [-0.1, -0.05) is 78.9 Å². The van der Waals surface area contributed by atoms with E-state index in [0.29, 0.717) is 0 Å². The standard InChI is InChI=1S/C24H20N4/c1-4-10-19(11-5-1)22-24(27-17-16-25-18-27)23(20-12-6-2-7-13-20)28(26-22)21-14-8-3-9-15-21/h1-18,23-24H. The van der Waals surface area contributed by atoms with Gasteiger partial charge < -0.3 is 4.57 Å². The highest BCUT2D eigenvalue weighted by Crippen LogP contribution is 2.43. The summed E-state index contributed by atoms with van der Waals surface area (Å²) in [6.07, 6.45) is 5.73. The van der Waals surface area contributed by atoms with Crippen molar-refractivity contribution in [1.82, 2.24) is 9.55 Å². The van der Waals surface area contributed by atoms with Crippen molar-refractivity contribution < 1.29 is 0 Å². The molecule has 4 aromatic rings. The molecule has 0 fully saturated rings. The molecule has 2 heterocycles. The van der Waals surface area contributed by atoms with Crippen LogP contribution in [0.3, 0.4) is 0 Å². The molecule has 0 N–H and O–H groups in total. The molecule has 1 aliphatic heterocycles. The van der Waals surface area contributed by atoms with Crippen molar-refractivity contribution in [2.24, 2.45) is 5.10 Å². The Labute approximate surface area is 164 Å². The number of rotatable bonds is 4. The van der Waals surface area contributed by atoms with Gasteiger partial charge in [-0.2, -0.15) is 5.10 Å². The maximum atomic E-state index is 5.13. The van der Waals surface area contributed by atoms with Gasteiger partial charge in [0.25, 0.3) is 0 Å². The lowest BCUT2D eigenvalue weighted by Gasteiger charge is -2.29. The smallest absolute Gasteiger partial charge is 0.106 e. The third-order valence-electron chi connectivity index (χ3n) is 5.14. The highest BCUT2D eigenvalue weighted by atomic mass is 15.5. The minimum absolute atomic E-state index is 0.0208. The van der Waals surface area contributed by atoms with Gasteiger partial charge in [-0.05, 0) is 23.3 Å². The number of aromatic nitrogens is 2. The SMILES string of the molecule is c1ccc(C2=NN(c3ccccc3)C(c3ccccc3)C2n2ccnc2)cc1. The lowest BCUT2D eigenvalue weighted by atomic mass is 9.92. The molecule has 0 spiro atoms. The Bertz CT molecular complexity index is 1060. The van der Waals surface area contributed by atoms with Gasteiger partial charge in [-0.25, -0.2) is 4.98 Å². The summed E-state index contributed by atoms with van der Waals surface area (Å²) in [6.45, 7) is 0. The molecule has 4 heteroatoms. The number of imidazole rings is 1. The quantitative estimate of drug-likeness (QED) is 0.505. The fourth-order valence-electron chi connectivity index (χ4n) is 3.87. The maximum Gasteiger partial charge on any atom is 0.106 e. The van der Waals surface area contributed by atoms with Crippen LogP contribution >= 0.6 is 0 Å². The van der Waals surface area contributed by atoms with Crippen molar-refractivity contribution in [2.45, 2.75) is 12.1 Å². The van der Waals surface area contributed by atoms with E-state index in [1.807, 2.05) is 30.9 Å². The van der Waals surface area contributed by atoms with Crippen LogP contribution in [0.5, 0.6) is 0 Å². The van der Waals surface area contributed by atoms with E-state index >= 15 is 0 Å². The van der Waals surface area contributed by atoms with E-state index in [9.17, 15) is 0 Å². The normalized spacial score (nSPS) is 18.9. The number of hydrazone groups is 1. The molecule has 3 aromatic carbocycles. The third kappa shape index (κ3) is 2.89. The summed E-state index contributed by atoms with van der Waals surface area (Å²) in [6, 6.07) is 31.4. The van der Waals surface area contributed by atoms with Crippen molar-refractivity contribution in [3.8, 4) is 0 Å². The molecule has 1 aliphatic rings. The molecule has 1 aromatic heterocycles. The maximum absolute atomic E-state index is 5.13. The highest BCUT2D eigenvalue weighted by molar-refractivity contribution is 6.06. The van der Waals surface area contributed by atoms with Gasteiger partial charge >= 0.3 is 0 Å². The van der Waals surface area contributed by atoms with E-state index in [0.717, 1.165) is 17.0 Å². The van der Waals surface area contributed by atoms with E-state index in [1.165, 1.54) is 5.56 Å². The fourth-order valence-corrected chi connectivity index (χ4v) is 3.87. The second-order valence-corrected chi connectivity index (χ2v) is 6.84. The summed E-state index contributed by atoms with van der Waals surface area (Å²) < 4.78 is 2.16. The number of benzene rings is 3. The fraction of sp³-hybridized carbons (Fsp3) is 0.0833. The summed E-state index contributed by atoms with van der Waals surface area (Å²) in [5.41, 5.74) is 4.46. The molecular formula is C24H20N4. The van der Waals surface area contributed by atoms with Crippen LogP contribution in [-0.2, 0) is 0 Å². The topological polar surface area (TPSA) is 33.4 Å². The summed E-state index contributed by atoms with van der Waals surface area (Å²) in [5.74, 6) is 0. The van der Waals surface area contributed by atoms with Crippen molar-refractivity contribution in [1.29, 1.82) is 0 Å². The number of hydrogen-bond acceptors (Lipinski definition) is 3. The highest BCUT2D eigenvalue weighted by Gasteiger charge is 2.40. The molecule has 0 saturated heterocycles. The van der Waals surface area contributed by atoms with Crippen molar-refractivity contribution in [3.05, 3.63) is 121 Å². The van der Waals surface area contributed by atoms with Crippen LogP contribution in [0.2, 0.25) is 0 Å². The van der Waals surface area contributed by atoms with E-state index < -0.39 is 0 Å². The minimum atomic E-state index is 0.0208. The lowest BCUT2D eigenvalue weighted by molar-refractivity contribution is 0.527. The second kappa shape index (κ2) is 7.16. The van der Waals surface area contributed by atoms with Gasteiger partial charge in [0, 0.05) is 12.4 Å². The Hall–Kier alpha value is -3.66. The average molecular weight is 364 g/mol. The van der Waals surface area contributed by atoms with Crippen LogP contribution in [0.4, 0.5) is 5.69 Å². The Morgan fingerprint density at radius 2 is 1.32 bits per heavy atom. The number of anilines is 1. The molecular weight excluding hydrogens is 344 g/mol. The largest absolute Gasteiger partial charge is 0.326 e. The van der Waals surface area contributed by atoms with Gasteiger partial charge in [0.05, 0.1) is 17.7 Å². The van der Waals surface area contributed by atoms with E-state index in [-0.39, 0.29) is 12.1 Å². The lowest BCUT2D eigenvalue weighted by Crippen LogP contribution is -2.27. The van der Waals surface area contributed by atoms with Gasteiger partial charge in [-0.3, -0.25) is 5.01 Å². The molecule has 136 valence electrons.